The Labute approximate surface area is 246 Å². The Bertz CT molecular complexity index is 1300. The highest BCUT2D eigenvalue weighted by molar-refractivity contribution is 5.98. The number of anilines is 1. The van der Waals surface area contributed by atoms with Crippen molar-refractivity contribution in [1.82, 2.24) is 35.5 Å². The van der Waals surface area contributed by atoms with Gasteiger partial charge in [0.2, 0.25) is 5.91 Å². The number of piperidine rings is 1. The van der Waals surface area contributed by atoms with Crippen molar-refractivity contribution in [2.45, 2.75) is 79.0 Å². The highest BCUT2D eigenvalue weighted by atomic mass is 16.6. The molecule has 0 spiro atoms. The van der Waals surface area contributed by atoms with E-state index in [0.717, 1.165) is 13.0 Å². The third kappa shape index (κ3) is 8.52. The number of alkyl carbamates (subject to hydrolysis) is 1. The third-order valence-electron chi connectivity index (χ3n) is 6.68. The second-order valence-electron chi connectivity index (χ2n) is 12.9. The van der Waals surface area contributed by atoms with Crippen molar-refractivity contribution in [3.8, 4) is 0 Å². The molecule has 0 aliphatic carbocycles. The molecule has 1 fully saturated rings. The first-order chi connectivity index (χ1) is 19.8. The first kappa shape index (κ1) is 31.0. The number of aliphatic imine (C=N–C) groups is 1. The van der Waals surface area contributed by atoms with Gasteiger partial charge in [-0.3, -0.25) is 24.5 Å². The lowest BCUT2D eigenvalue weighted by Crippen LogP contribution is -2.48. The Morgan fingerprint density at radius 1 is 1.10 bits per heavy atom. The van der Waals surface area contributed by atoms with Crippen LogP contribution in [0.2, 0.25) is 0 Å². The number of rotatable bonds is 7. The molecule has 1 saturated heterocycles. The molecule has 42 heavy (non-hydrogen) atoms. The largest absolute Gasteiger partial charge is 0.460 e. The van der Waals surface area contributed by atoms with Crippen molar-refractivity contribution in [1.29, 1.82) is 0 Å². The van der Waals surface area contributed by atoms with Crippen LogP contribution in [0.1, 0.15) is 73.4 Å². The van der Waals surface area contributed by atoms with E-state index in [9.17, 15) is 14.4 Å². The molecule has 3 N–H and O–H groups in total. The summed E-state index contributed by atoms with van der Waals surface area (Å²) < 4.78 is 12.6. The number of fused-ring (bicyclic) bond motifs is 1. The summed E-state index contributed by atoms with van der Waals surface area (Å²) in [4.78, 5) is 58.2. The van der Waals surface area contributed by atoms with Gasteiger partial charge in [-0.25, -0.2) is 19.7 Å². The van der Waals surface area contributed by atoms with Crippen molar-refractivity contribution in [2.75, 3.05) is 37.7 Å². The Hall–Kier alpha value is -3.97. The molecule has 0 bridgehead atoms. The fraction of sp³-hybridized carbons (Fsp3) is 0.679. The number of carbonyl (C=O) groups is 3. The van der Waals surface area contributed by atoms with Gasteiger partial charge in [-0.05, 0) is 45.4 Å². The molecule has 230 valence electrons. The molecule has 14 nitrogen and oxygen atoms in total. The zero-order valence-electron chi connectivity index (χ0n) is 25.4. The van der Waals surface area contributed by atoms with Crippen molar-refractivity contribution >= 4 is 40.9 Å². The second-order valence-corrected chi connectivity index (χ2v) is 12.9. The van der Waals surface area contributed by atoms with Gasteiger partial charge >= 0.3 is 12.1 Å². The summed E-state index contributed by atoms with van der Waals surface area (Å²) in [6, 6.07) is 0. The van der Waals surface area contributed by atoms with E-state index in [1.165, 1.54) is 12.7 Å². The summed E-state index contributed by atoms with van der Waals surface area (Å²) in [7, 11) is 0. The molecular formula is C28H43N9O5. The summed E-state index contributed by atoms with van der Waals surface area (Å²) in [5.74, 6) is 0.517. The average Bonchev–Trinajstić information content (AvgIpc) is 3.35. The highest BCUT2D eigenvalue weighted by Crippen LogP contribution is 2.28. The van der Waals surface area contributed by atoms with Crippen molar-refractivity contribution in [2.24, 2.45) is 16.3 Å². The maximum Gasteiger partial charge on any atom is 0.408 e. The molecule has 2 aromatic rings. The molecule has 4 heterocycles. The second kappa shape index (κ2) is 12.9. The van der Waals surface area contributed by atoms with Crippen molar-refractivity contribution < 1.29 is 23.9 Å². The molecule has 0 saturated carbocycles. The predicted molar refractivity (Wildman–Crippen MR) is 157 cm³/mol. The first-order valence-electron chi connectivity index (χ1n) is 14.5. The zero-order chi connectivity index (χ0) is 30.5. The maximum atomic E-state index is 12.8. The lowest BCUT2D eigenvalue weighted by Gasteiger charge is -2.32. The minimum atomic E-state index is -0.856. The molecule has 0 radical (unpaired) electrons. The van der Waals surface area contributed by atoms with Crippen LogP contribution < -0.4 is 20.9 Å². The molecule has 2 aliphatic heterocycles. The number of nitrogens with zero attached hydrogens (tertiary/aromatic N) is 6. The fourth-order valence-electron chi connectivity index (χ4n) is 4.71. The number of esters is 1. The van der Waals surface area contributed by atoms with E-state index < -0.39 is 23.8 Å². The molecule has 0 aromatic carbocycles. The van der Waals surface area contributed by atoms with Crippen LogP contribution in [-0.2, 0) is 19.1 Å². The molecule has 1 unspecified atom stereocenters. The quantitative estimate of drug-likeness (QED) is 0.411. The summed E-state index contributed by atoms with van der Waals surface area (Å²) in [5, 5.41) is 8.81. The standard InChI is InChI=1S/C28H43N9O5/c1-27(2,3)15-41-26(40)34-19(14-20(38)42-28(4,5)6)37-17-33-21-22(31-16-32-23(21)37)36-12-8-18(9-13-36)24(39)35-25-29-10-7-11-30-25/h16-19H,7-15H2,1-6H3,(H,34,40)(H2,29,30,35,39). The van der Waals surface area contributed by atoms with Gasteiger partial charge in [0.15, 0.2) is 22.9 Å². The number of nitrogens with one attached hydrogen (secondary N) is 3. The van der Waals surface area contributed by atoms with Crippen LogP contribution in [0.4, 0.5) is 10.6 Å². The molecule has 4 rings (SSSR count). The Kier molecular flexibility index (Phi) is 9.52. The number of amides is 2. The maximum absolute atomic E-state index is 12.8. The van der Waals surface area contributed by atoms with E-state index in [-0.39, 0.29) is 30.3 Å². The van der Waals surface area contributed by atoms with Gasteiger partial charge in [-0.2, -0.15) is 0 Å². The normalized spacial score (nSPS) is 17.2. The van der Waals surface area contributed by atoms with Gasteiger partial charge in [0.25, 0.3) is 0 Å². The van der Waals surface area contributed by atoms with Gasteiger partial charge in [0, 0.05) is 32.1 Å². The third-order valence-corrected chi connectivity index (χ3v) is 6.68. The van der Waals surface area contributed by atoms with Crippen LogP contribution >= 0.6 is 0 Å². The first-order valence-corrected chi connectivity index (χ1v) is 14.5. The molecule has 1 atom stereocenters. The SMILES string of the molecule is CC(C)(C)COC(=O)NC(CC(=O)OC(C)(C)C)n1cnc2c(N3CCC(C(=O)NC4=NCCCN4)CC3)ncnc21. The van der Waals surface area contributed by atoms with Crippen LogP contribution in [-0.4, -0.2) is 81.8 Å². The van der Waals surface area contributed by atoms with Crippen molar-refractivity contribution in [3.63, 3.8) is 0 Å². The number of ether oxygens (including phenoxy) is 2. The minimum Gasteiger partial charge on any atom is -0.460 e. The summed E-state index contributed by atoms with van der Waals surface area (Å²) in [6.45, 7) is 14.2. The van der Waals surface area contributed by atoms with Crippen LogP contribution in [0.5, 0.6) is 0 Å². The number of hydrogen-bond acceptors (Lipinski definition) is 11. The summed E-state index contributed by atoms with van der Waals surface area (Å²) >= 11 is 0. The number of imidazole rings is 1. The number of aromatic nitrogens is 4. The Morgan fingerprint density at radius 3 is 2.48 bits per heavy atom. The smallest absolute Gasteiger partial charge is 0.408 e. The molecule has 2 amide bonds. The van der Waals surface area contributed by atoms with Crippen molar-refractivity contribution in [3.05, 3.63) is 12.7 Å². The highest BCUT2D eigenvalue weighted by Gasteiger charge is 2.30. The average molecular weight is 586 g/mol. The van der Waals surface area contributed by atoms with Crippen LogP contribution in [0.25, 0.3) is 11.2 Å². The van der Waals surface area contributed by atoms with E-state index in [0.29, 0.717) is 55.4 Å². The Balaban J connectivity index is 1.49. The Morgan fingerprint density at radius 2 is 1.83 bits per heavy atom. The van der Waals surface area contributed by atoms with E-state index in [1.807, 2.05) is 20.8 Å². The minimum absolute atomic E-state index is 0.0330. The monoisotopic (exact) mass is 585 g/mol. The van der Waals surface area contributed by atoms with E-state index in [1.54, 1.807) is 25.3 Å². The van der Waals surface area contributed by atoms with Crippen LogP contribution in [0, 0.1) is 11.3 Å². The van der Waals surface area contributed by atoms with E-state index >= 15 is 0 Å². The fourth-order valence-corrected chi connectivity index (χ4v) is 4.71. The van der Waals surface area contributed by atoms with Gasteiger partial charge in [0.05, 0.1) is 19.4 Å². The summed E-state index contributed by atoms with van der Waals surface area (Å²) in [5.41, 5.74) is 0.0622. The number of guanidine groups is 1. The summed E-state index contributed by atoms with van der Waals surface area (Å²) in [6.07, 6.45) is 3.54. The molecular weight excluding hydrogens is 542 g/mol. The number of carbonyl (C=O) groups excluding carboxylic acids is 3. The molecule has 14 heteroatoms. The van der Waals surface area contributed by atoms with E-state index in [2.05, 4.69) is 40.8 Å². The van der Waals surface area contributed by atoms with Gasteiger partial charge in [-0.15, -0.1) is 0 Å². The molecule has 2 aromatic heterocycles. The zero-order valence-corrected chi connectivity index (χ0v) is 25.4. The topological polar surface area (TPSA) is 165 Å². The predicted octanol–water partition coefficient (Wildman–Crippen LogP) is 2.51. The lowest BCUT2D eigenvalue weighted by molar-refractivity contribution is -0.155. The van der Waals surface area contributed by atoms with Crippen LogP contribution in [0.15, 0.2) is 17.6 Å². The van der Waals surface area contributed by atoms with E-state index in [4.69, 9.17) is 9.47 Å². The molecule has 2 aliphatic rings. The van der Waals surface area contributed by atoms with Gasteiger partial charge < -0.3 is 25.0 Å². The number of hydrogen-bond donors (Lipinski definition) is 3. The lowest BCUT2D eigenvalue weighted by atomic mass is 9.96. The van der Waals surface area contributed by atoms with Gasteiger partial charge in [0.1, 0.15) is 18.1 Å². The van der Waals surface area contributed by atoms with Crippen LogP contribution in [0.3, 0.4) is 0 Å². The van der Waals surface area contributed by atoms with Gasteiger partial charge in [-0.1, -0.05) is 20.8 Å².